The van der Waals surface area contributed by atoms with Gasteiger partial charge in [0, 0.05) is 10.7 Å². The van der Waals surface area contributed by atoms with E-state index in [1.54, 1.807) is 27.0 Å². The lowest BCUT2D eigenvalue weighted by atomic mass is 10.2. The predicted molar refractivity (Wildman–Crippen MR) is 79.1 cm³/mol. The Kier molecular flexibility index (Phi) is 3.78. The molecule has 2 aromatic heterocycles. The summed E-state index contributed by atoms with van der Waals surface area (Å²) in [5.74, 6) is -0.0918. The minimum atomic E-state index is -0.721. The molecule has 0 aliphatic heterocycles. The lowest BCUT2D eigenvalue weighted by Gasteiger charge is -2.19. The summed E-state index contributed by atoms with van der Waals surface area (Å²) in [7, 11) is 0. The summed E-state index contributed by atoms with van der Waals surface area (Å²) in [6.45, 7) is 5.18. The fourth-order valence-electron chi connectivity index (χ4n) is 1.72. The van der Waals surface area contributed by atoms with Gasteiger partial charge in [-0.3, -0.25) is 5.32 Å². The second-order valence-electron chi connectivity index (χ2n) is 5.30. The maximum atomic E-state index is 11.8. The molecule has 0 saturated carbocycles. The number of nitrogens with one attached hydrogen (secondary N) is 1. The van der Waals surface area contributed by atoms with Crippen molar-refractivity contribution in [3.8, 4) is 11.8 Å². The summed E-state index contributed by atoms with van der Waals surface area (Å²) in [6, 6.07) is 3.36. The van der Waals surface area contributed by atoms with Gasteiger partial charge in [-0.15, -0.1) is 5.10 Å². The summed E-state index contributed by atoms with van der Waals surface area (Å²) >= 11 is 3.21. The molecule has 2 rings (SSSR count). The Morgan fingerprint density at radius 3 is 2.81 bits per heavy atom. The predicted octanol–water partition coefficient (Wildman–Crippen LogP) is 3.02. The van der Waals surface area contributed by atoms with Crippen LogP contribution in [0.3, 0.4) is 0 Å². The molecule has 0 bridgehead atoms. The van der Waals surface area contributed by atoms with Gasteiger partial charge in [-0.1, -0.05) is 0 Å². The van der Waals surface area contributed by atoms with Crippen molar-refractivity contribution in [1.82, 2.24) is 9.61 Å². The van der Waals surface area contributed by atoms with Crippen LogP contribution in [-0.4, -0.2) is 26.4 Å². The van der Waals surface area contributed by atoms with Gasteiger partial charge in [0.15, 0.2) is 5.82 Å². The fraction of sp³-hybridized carbons (Fsp3) is 0.308. The van der Waals surface area contributed by atoms with Crippen molar-refractivity contribution in [1.29, 1.82) is 5.26 Å². The number of amides is 1. The van der Waals surface area contributed by atoms with Crippen LogP contribution in [-0.2, 0) is 4.74 Å². The van der Waals surface area contributed by atoms with Crippen molar-refractivity contribution in [3.63, 3.8) is 0 Å². The highest BCUT2D eigenvalue weighted by Crippen LogP contribution is 2.30. The number of aromatic hydroxyl groups is 1. The molecule has 0 aliphatic carbocycles. The fourth-order valence-corrected chi connectivity index (χ4v) is 2.13. The number of halogens is 1. The molecule has 0 fully saturated rings. The van der Waals surface area contributed by atoms with Crippen LogP contribution in [0.4, 0.5) is 10.6 Å². The highest BCUT2D eigenvalue weighted by atomic mass is 79.9. The van der Waals surface area contributed by atoms with E-state index in [1.165, 1.54) is 10.6 Å². The zero-order valence-electron chi connectivity index (χ0n) is 11.6. The van der Waals surface area contributed by atoms with E-state index >= 15 is 0 Å². The quantitative estimate of drug-likeness (QED) is 0.821. The summed E-state index contributed by atoms with van der Waals surface area (Å²) in [4.78, 5) is 11.8. The van der Waals surface area contributed by atoms with Gasteiger partial charge in [-0.25, -0.2) is 9.31 Å². The Bertz CT molecular complexity index is 755. The number of anilines is 1. The lowest BCUT2D eigenvalue weighted by Crippen LogP contribution is -2.27. The zero-order chi connectivity index (χ0) is 15.8. The highest BCUT2D eigenvalue weighted by Gasteiger charge is 2.21. The molecule has 0 spiro atoms. The third-order valence-corrected chi connectivity index (χ3v) is 2.84. The van der Waals surface area contributed by atoms with Crippen molar-refractivity contribution in [2.75, 3.05) is 5.32 Å². The molecule has 7 nitrogen and oxygen atoms in total. The molecule has 0 aromatic carbocycles. The number of aromatic nitrogens is 2. The maximum Gasteiger partial charge on any atom is 0.413 e. The Morgan fingerprint density at radius 1 is 1.57 bits per heavy atom. The van der Waals surface area contributed by atoms with Crippen LogP contribution >= 0.6 is 15.9 Å². The normalized spacial score (nSPS) is 11.2. The molecule has 2 heterocycles. The number of hydrogen-bond donors (Lipinski definition) is 2. The lowest BCUT2D eigenvalue weighted by molar-refractivity contribution is 0.0635. The van der Waals surface area contributed by atoms with Crippen LogP contribution in [0.1, 0.15) is 26.3 Å². The van der Waals surface area contributed by atoms with E-state index in [-0.39, 0.29) is 22.6 Å². The number of carbonyl (C=O) groups is 1. The number of ether oxygens (including phenoxy) is 1. The smallest absolute Gasteiger partial charge is 0.413 e. The molecular formula is C13H13BrN4O3. The second kappa shape index (κ2) is 5.26. The average Bonchev–Trinajstić information content (AvgIpc) is 2.63. The first-order valence-electron chi connectivity index (χ1n) is 6.02. The molecule has 2 N–H and O–H groups in total. The zero-order valence-corrected chi connectivity index (χ0v) is 13.2. The van der Waals surface area contributed by atoms with Crippen LogP contribution in [0.25, 0.3) is 5.52 Å². The minimum Gasteiger partial charge on any atom is -0.506 e. The molecule has 0 saturated heterocycles. The Hall–Kier alpha value is -2.27. The van der Waals surface area contributed by atoms with Gasteiger partial charge in [0.1, 0.15) is 28.5 Å². The van der Waals surface area contributed by atoms with E-state index in [1.807, 2.05) is 6.07 Å². The summed E-state index contributed by atoms with van der Waals surface area (Å²) in [5, 5.41) is 25.6. The molecule has 1 amide bonds. The molecule has 0 unspecified atom stereocenters. The molecule has 21 heavy (non-hydrogen) atoms. The average molecular weight is 353 g/mol. The van der Waals surface area contributed by atoms with Crippen LogP contribution in [0.15, 0.2) is 16.7 Å². The summed E-state index contributed by atoms with van der Waals surface area (Å²) in [5.41, 5.74) is -0.390. The minimum absolute atomic E-state index is 0.0279. The number of fused-ring (bicyclic) bond motifs is 1. The third kappa shape index (κ3) is 3.25. The Morgan fingerprint density at radius 2 is 2.24 bits per heavy atom. The molecule has 8 heteroatoms. The highest BCUT2D eigenvalue weighted by molar-refractivity contribution is 9.10. The van der Waals surface area contributed by atoms with Crippen LogP contribution < -0.4 is 5.32 Å². The van der Waals surface area contributed by atoms with E-state index in [0.717, 1.165) is 0 Å². The number of nitrogens with zero attached hydrogens (tertiary/aromatic N) is 3. The van der Waals surface area contributed by atoms with Gasteiger partial charge in [-0.05, 0) is 42.8 Å². The first-order chi connectivity index (χ1) is 9.71. The Labute approximate surface area is 129 Å². The molecule has 110 valence electrons. The van der Waals surface area contributed by atoms with E-state index in [0.29, 0.717) is 4.47 Å². The summed E-state index contributed by atoms with van der Waals surface area (Å²) < 4.78 is 7.01. The van der Waals surface area contributed by atoms with Gasteiger partial charge in [-0.2, -0.15) is 5.26 Å². The third-order valence-electron chi connectivity index (χ3n) is 2.40. The number of nitriles is 1. The number of pyridine rings is 1. The molecule has 0 radical (unpaired) electrons. The molecule has 0 atom stereocenters. The van der Waals surface area contributed by atoms with Crippen molar-refractivity contribution in [3.05, 3.63) is 22.3 Å². The number of rotatable bonds is 1. The summed E-state index contributed by atoms with van der Waals surface area (Å²) in [6.07, 6.45) is 0.844. The standard InChI is InChI=1S/C13H13BrN4O3/c1-13(2,3)21-12(20)16-11-8(5-15)10-9(19)4-7(14)6-18(10)17-11/h4,6,19H,1-3H3,(H,16,17,20). The van der Waals surface area contributed by atoms with Gasteiger partial charge in [0.05, 0.1) is 0 Å². The van der Waals surface area contributed by atoms with Crippen LogP contribution in [0, 0.1) is 11.3 Å². The first kappa shape index (κ1) is 15.1. The molecule has 2 aromatic rings. The van der Waals surface area contributed by atoms with Gasteiger partial charge >= 0.3 is 6.09 Å². The van der Waals surface area contributed by atoms with Crippen molar-refractivity contribution in [2.45, 2.75) is 26.4 Å². The van der Waals surface area contributed by atoms with Crippen molar-refractivity contribution >= 4 is 33.4 Å². The molecule has 0 aliphatic rings. The number of hydrogen-bond acceptors (Lipinski definition) is 5. The van der Waals surface area contributed by atoms with Gasteiger partial charge in [0.2, 0.25) is 0 Å². The maximum absolute atomic E-state index is 11.8. The number of carbonyl (C=O) groups excluding carboxylic acids is 1. The van der Waals surface area contributed by atoms with Crippen molar-refractivity contribution < 1.29 is 14.6 Å². The van der Waals surface area contributed by atoms with E-state index < -0.39 is 11.7 Å². The van der Waals surface area contributed by atoms with E-state index in [2.05, 4.69) is 26.3 Å². The monoisotopic (exact) mass is 352 g/mol. The van der Waals surface area contributed by atoms with E-state index in [9.17, 15) is 15.2 Å². The van der Waals surface area contributed by atoms with Crippen molar-refractivity contribution in [2.24, 2.45) is 0 Å². The van der Waals surface area contributed by atoms with Crippen LogP contribution in [0.2, 0.25) is 0 Å². The molecular weight excluding hydrogens is 340 g/mol. The van der Waals surface area contributed by atoms with Crippen LogP contribution in [0.5, 0.6) is 5.75 Å². The SMILES string of the molecule is CC(C)(C)OC(=O)Nc1nn2cc(Br)cc(O)c2c1C#N. The van der Waals surface area contributed by atoms with Gasteiger partial charge < -0.3 is 9.84 Å². The van der Waals surface area contributed by atoms with E-state index in [4.69, 9.17) is 4.74 Å². The van der Waals surface area contributed by atoms with Gasteiger partial charge in [0.25, 0.3) is 0 Å². The first-order valence-corrected chi connectivity index (χ1v) is 6.81. The second-order valence-corrected chi connectivity index (χ2v) is 6.21. The largest absolute Gasteiger partial charge is 0.506 e. The Balaban J connectivity index is 2.44. The topological polar surface area (TPSA) is 99.7 Å².